The van der Waals surface area contributed by atoms with Crippen LogP contribution in [0.1, 0.15) is 4.88 Å². The fourth-order valence-corrected chi connectivity index (χ4v) is 4.47. The first kappa shape index (κ1) is 9.50. The lowest BCUT2D eigenvalue weighted by Gasteiger charge is -2.16. The van der Waals surface area contributed by atoms with Gasteiger partial charge < -0.3 is 10.6 Å². The Labute approximate surface area is 107 Å². The van der Waals surface area contributed by atoms with Crippen LogP contribution < -0.4 is 10.6 Å². The van der Waals surface area contributed by atoms with Crippen LogP contribution >= 0.6 is 22.7 Å². The second kappa shape index (κ2) is 3.24. The quantitative estimate of drug-likeness (QED) is 0.609. The van der Waals surface area contributed by atoms with Crippen molar-refractivity contribution < 1.29 is 0 Å². The molecule has 0 saturated heterocycles. The lowest BCUT2D eigenvalue weighted by Crippen LogP contribution is -2.02. The molecule has 0 spiro atoms. The molecule has 0 atom stereocenters. The van der Waals surface area contributed by atoms with Crippen LogP contribution in [0.4, 0.5) is 11.4 Å². The van der Waals surface area contributed by atoms with E-state index in [0.717, 1.165) is 0 Å². The highest BCUT2D eigenvalue weighted by atomic mass is 32.1. The Morgan fingerprint density at radius 1 is 1.00 bits per heavy atom. The summed E-state index contributed by atoms with van der Waals surface area (Å²) in [5.74, 6) is 0. The van der Waals surface area contributed by atoms with E-state index in [-0.39, 0.29) is 0 Å². The predicted octanol–water partition coefficient (Wildman–Crippen LogP) is 4.73. The van der Waals surface area contributed by atoms with Crippen molar-refractivity contribution in [2.24, 2.45) is 0 Å². The summed E-state index contributed by atoms with van der Waals surface area (Å²) in [7, 11) is 0. The maximum atomic E-state index is 3.37. The molecule has 0 unspecified atom stereocenters. The first-order valence-electron chi connectivity index (χ1n) is 5.46. The highest BCUT2D eigenvalue weighted by Gasteiger charge is 2.17. The maximum absolute atomic E-state index is 3.37. The number of rotatable bonds is 0. The van der Waals surface area contributed by atoms with Gasteiger partial charge in [-0.05, 0) is 24.4 Å². The maximum Gasteiger partial charge on any atom is 0.0714 e. The van der Waals surface area contributed by atoms with Gasteiger partial charge in [-0.15, -0.1) is 22.7 Å². The van der Waals surface area contributed by atoms with E-state index in [2.05, 4.69) is 35.1 Å². The van der Waals surface area contributed by atoms with Gasteiger partial charge in [-0.3, -0.25) is 0 Å². The zero-order valence-electron chi connectivity index (χ0n) is 9.20. The number of fused-ring (bicyclic) bond motifs is 6. The number of anilines is 2. The molecule has 4 heteroatoms. The zero-order valence-corrected chi connectivity index (χ0v) is 10.8. The summed E-state index contributed by atoms with van der Waals surface area (Å²) in [4.78, 5) is 1.36. The number of thiophene rings is 2. The third kappa shape index (κ3) is 1.19. The smallest absolute Gasteiger partial charge is 0.0714 e. The SMILES string of the molecule is Cc1cc2c3c(c4ccsc4c2s1)NC=CN3. The van der Waals surface area contributed by atoms with Crippen molar-refractivity contribution >= 4 is 54.2 Å². The highest BCUT2D eigenvalue weighted by molar-refractivity contribution is 7.26. The predicted molar refractivity (Wildman–Crippen MR) is 78.3 cm³/mol. The van der Waals surface area contributed by atoms with Gasteiger partial charge in [0.05, 0.1) is 20.8 Å². The molecular formula is C13H10N2S2. The number of nitrogens with one attached hydrogen (secondary N) is 2. The molecule has 0 aliphatic carbocycles. The average Bonchev–Trinajstić information content (AvgIpc) is 2.94. The van der Waals surface area contributed by atoms with Crippen molar-refractivity contribution in [1.82, 2.24) is 0 Å². The largest absolute Gasteiger partial charge is 0.358 e. The van der Waals surface area contributed by atoms with Crippen LogP contribution in [-0.4, -0.2) is 0 Å². The van der Waals surface area contributed by atoms with Crippen molar-refractivity contribution in [3.63, 3.8) is 0 Å². The van der Waals surface area contributed by atoms with Gasteiger partial charge in [0.2, 0.25) is 0 Å². The monoisotopic (exact) mass is 258 g/mol. The Morgan fingerprint density at radius 2 is 1.76 bits per heavy atom. The summed E-state index contributed by atoms with van der Waals surface area (Å²) in [5, 5.41) is 11.5. The van der Waals surface area contributed by atoms with Crippen molar-refractivity contribution in [1.29, 1.82) is 0 Å². The molecule has 2 aromatic heterocycles. The minimum atomic E-state index is 1.20. The lowest BCUT2D eigenvalue weighted by atomic mass is 10.1. The Morgan fingerprint density at radius 3 is 2.59 bits per heavy atom. The van der Waals surface area contributed by atoms with Gasteiger partial charge in [0.25, 0.3) is 0 Å². The van der Waals surface area contributed by atoms with Gasteiger partial charge in [0.1, 0.15) is 0 Å². The number of aryl methyl sites for hydroxylation is 1. The van der Waals surface area contributed by atoms with E-state index < -0.39 is 0 Å². The summed E-state index contributed by atoms with van der Waals surface area (Å²) in [6.45, 7) is 2.17. The number of hydrogen-bond acceptors (Lipinski definition) is 4. The molecule has 0 radical (unpaired) electrons. The van der Waals surface area contributed by atoms with Crippen LogP contribution in [0.2, 0.25) is 0 Å². The third-order valence-corrected chi connectivity index (χ3v) is 5.18. The minimum Gasteiger partial charge on any atom is -0.358 e. The van der Waals surface area contributed by atoms with E-state index in [4.69, 9.17) is 0 Å². The standard InChI is InChI=1S/C13H10N2S2/c1-7-6-9-11-10(14-3-4-15-11)8-2-5-16-12(8)13(9)17-7/h2-6,14-15H,1H3. The normalized spacial score (nSPS) is 13.7. The molecule has 2 nitrogen and oxygen atoms in total. The third-order valence-electron chi connectivity index (χ3n) is 3.05. The average molecular weight is 258 g/mol. The van der Waals surface area contributed by atoms with Gasteiger partial charge >= 0.3 is 0 Å². The van der Waals surface area contributed by atoms with Crippen LogP contribution in [0.15, 0.2) is 29.9 Å². The van der Waals surface area contributed by atoms with Gasteiger partial charge in [-0.25, -0.2) is 0 Å². The highest BCUT2D eigenvalue weighted by Crippen LogP contribution is 2.46. The van der Waals surface area contributed by atoms with E-state index in [1.807, 2.05) is 35.1 Å². The fourth-order valence-electron chi connectivity index (χ4n) is 2.37. The van der Waals surface area contributed by atoms with Gasteiger partial charge in [0, 0.05) is 28.0 Å². The molecule has 0 bridgehead atoms. The molecule has 2 N–H and O–H groups in total. The summed E-state index contributed by atoms with van der Waals surface area (Å²) in [6, 6.07) is 4.47. The van der Waals surface area contributed by atoms with E-state index in [1.54, 1.807) is 0 Å². The Hall–Kier alpha value is -1.52. The fraction of sp³-hybridized carbons (Fsp3) is 0.0769. The molecule has 0 saturated carbocycles. The molecule has 0 fully saturated rings. The number of benzene rings is 1. The summed E-state index contributed by atoms with van der Waals surface area (Å²) in [6.07, 6.45) is 3.90. The minimum absolute atomic E-state index is 1.20. The molecule has 0 amide bonds. The van der Waals surface area contributed by atoms with Crippen LogP contribution in [-0.2, 0) is 0 Å². The molecular weight excluding hydrogens is 248 g/mol. The molecule has 17 heavy (non-hydrogen) atoms. The van der Waals surface area contributed by atoms with Crippen LogP contribution in [0, 0.1) is 6.92 Å². The molecule has 3 heterocycles. The Bertz CT molecular complexity index is 765. The van der Waals surface area contributed by atoms with E-state index in [1.165, 1.54) is 36.4 Å². The first-order valence-corrected chi connectivity index (χ1v) is 7.15. The van der Waals surface area contributed by atoms with Crippen molar-refractivity contribution in [3.05, 3.63) is 34.8 Å². The van der Waals surface area contributed by atoms with Crippen LogP contribution in [0.25, 0.3) is 20.2 Å². The molecule has 3 aromatic rings. The van der Waals surface area contributed by atoms with E-state index >= 15 is 0 Å². The summed E-state index contributed by atoms with van der Waals surface area (Å²) in [5.41, 5.74) is 2.41. The van der Waals surface area contributed by atoms with Gasteiger partial charge in [-0.2, -0.15) is 0 Å². The van der Waals surface area contributed by atoms with Crippen LogP contribution in [0.5, 0.6) is 0 Å². The number of hydrogen-bond donors (Lipinski definition) is 2. The van der Waals surface area contributed by atoms with Crippen molar-refractivity contribution in [3.8, 4) is 0 Å². The Balaban J connectivity index is 2.29. The van der Waals surface area contributed by atoms with Crippen LogP contribution in [0.3, 0.4) is 0 Å². The van der Waals surface area contributed by atoms with E-state index in [0.29, 0.717) is 0 Å². The van der Waals surface area contributed by atoms with Crippen molar-refractivity contribution in [2.45, 2.75) is 6.92 Å². The molecule has 1 aromatic carbocycles. The molecule has 4 rings (SSSR count). The lowest BCUT2D eigenvalue weighted by molar-refractivity contribution is 1.51. The summed E-state index contributed by atoms with van der Waals surface area (Å²) < 4.78 is 2.79. The second-order valence-corrected chi connectivity index (χ2v) is 6.31. The first-order chi connectivity index (χ1) is 8.34. The topological polar surface area (TPSA) is 24.1 Å². The molecule has 1 aliphatic heterocycles. The zero-order chi connectivity index (χ0) is 11.4. The van der Waals surface area contributed by atoms with Gasteiger partial charge in [0.15, 0.2) is 0 Å². The van der Waals surface area contributed by atoms with Gasteiger partial charge in [-0.1, -0.05) is 0 Å². The Kier molecular flexibility index (Phi) is 1.81. The second-order valence-electron chi connectivity index (χ2n) is 4.14. The molecule has 1 aliphatic rings. The van der Waals surface area contributed by atoms with E-state index in [9.17, 15) is 0 Å². The molecule has 84 valence electrons. The summed E-state index contributed by atoms with van der Waals surface area (Å²) >= 11 is 3.70. The van der Waals surface area contributed by atoms with Crippen molar-refractivity contribution in [2.75, 3.05) is 10.6 Å².